The van der Waals surface area contributed by atoms with Gasteiger partial charge in [0.05, 0.1) is 24.3 Å². The first-order valence-corrected chi connectivity index (χ1v) is 6.09. The summed E-state index contributed by atoms with van der Waals surface area (Å²) in [5, 5.41) is 9.08. The van der Waals surface area contributed by atoms with Gasteiger partial charge < -0.3 is 9.64 Å². The lowest BCUT2D eigenvalue weighted by Crippen LogP contribution is -2.53. The van der Waals surface area contributed by atoms with Gasteiger partial charge >= 0.3 is 6.18 Å². The van der Waals surface area contributed by atoms with Crippen LogP contribution in [0.2, 0.25) is 0 Å². The largest absolute Gasteiger partial charge is 0.433 e. The first-order valence-electron chi connectivity index (χ1n) is 6.09. The van der Waals surface area contributed by atoms with Crippen molar-refractivity contribution in [3.8, 4) is 6.07 Å². The highest BCUT2D eigenvalue weighted by Gasteiger charge is 2.37. The van der Waals surface area contributed by atoms with Gasteiger partial charge in [0, 0.05) is 6.54 Å². The van der Waals surface area contributed by atoms with Crippen molar-refractivity contribution in [1.82, 2.24) is 4.98 Å². The zero-order valence-corrected chi connectivity index (χ0v) is 11.2. The summed E-state index contributed by atoms with van der Waals surface area (Å²) in [5.74, 6) is 0.0654. The van der Waals surface area contributed by atoms with Crippen LogP contribution in [0.25, 0.3) is 0 Å². The van der Waals surface area contributed by atoms with Gasteiger partial charge in [-0.1, -0.05) is 0 Å². The Balaban J connectivity index is 2.51. The van der Waals surface area contributed by atoms with Crippen LogP contribution >= 0.6 is 0 Å². The molecular weight excluding hydrogens is 271 g/mol. The Morgan fingerprint density at radius 3 is 2.65 bits per heavy atom. The third-order valence-electron chi connectivity index (χ3n) is 3.19. The van der Waals surface area contributed by atoms with Gasteiger partial charge in [-0.3, -0.25) is 0 Å². The lowest BCUT2D eigenvalue weighted by atomic mass is 10.0. The second-order valence-electron chi connectivity index (χ2n) is 5.19. The Morgan fingerprint density at radius 2 is 2.10 bits per heavy atom. The number of hydrogen-bond donors (Lipinski definition) is 0. The molecule has 1 aliphatic heterocycles. The molecule has 0 spiro atoms. The first kappa shape index (κ1) is 14.6. The van der Waals surface area contributed by atoms with Gasteiger partial charge in [0.2, 0.25) is 0 Å². The number of ether oxygens (including phenoxy) is 1. The fraction of sp³-hybridized carbons (Fsp3) is 0.538. The van der Waals surface area contributed by atoms with Crippen molar-refractivity contribution in [2.75, 3.05) is 24.7 Å². The molecule has 0 N–H and O–H groups in total. The molecule has 7 heteroatoms. The fourth-order valence-corrected chi connectivity index (χ4v) is 2.15. The molecule has 2 rings (SSSR count). The van der Waals surface area contributed by atoms with Crippen LogP contribution < -0.4 is 4.90 Å². The number of pyridine rings is 1. The van der Waals surface area contributed by atoms with Gasteiger partial charge in [-0.05, 0) is 26.0 Å². The third-order valence-corrected chi connectivity index (χ3v) is 3.19. The maximum absolute atomic E-state index is 12.8. The zero-order valence-electron chi connectivity index (χ0n) is 11.2. The van der Waals surface area contributed by atoms with E-state index in [1.165, 1.54) is 0 Å². The van der Waals surface area contributed by atoms with Crippen LogP contribution in [-0.2, 0) is 10.9 Å². The molecule has 1 aromatic heterocycles. The van der Waals surface area contributed by atoms with E-state index in [0.717, 1.165) is 12.1 Å². The minimum Gasteiger partial charge on any atom is -0.377 e. The Kier molecular flexibility index (Phi) is 3.61. The van der Waals surface area contributed by atoms with E-state index < -0.39 is 17.4 Å². The molecule has 0 amide bonds. The van der Waals surface area contributed by atoms with E-state index >= 15 is 0 Å². The highest BCUT2D eigenvalue weighted by molar-refractivity contribution is 5.56. The summed E-state index contributed by atoms with van der Waals surface area (Å²) in [6.45, 7) is 4.85. The van der Waals surface area contributed by atoms with Gasteiger partial charge in [-0.15, -0.1) is 0 Å². The lowest BCUT2D eigenvalue weighted by molar-refractivity contribution is -0.141. The predicted octanol–water partition coefficient (Wildman–Crippen LogP) is 2.59. The Labute approximate surface area is 114 Å². The van der Waals surface area contributed by atoms with Crippen molar-refractivity contribution in [1.29, 1.82) is 5.26 Å². The van der Waals surface area contributed by atoms with Crippen LogP contribution in [0.5, 0.6) is 0 Å². The van der Waals surface area contributed by atoms with Crippen LogP contribution in [0.3, 0.4) is 0 Å². The van der Waals surface area contributed by atoms with Crippen LogP contribution in [-0.4, -0.2) is 30.3 Å². The molecule has 0 aliphatic carbocycles. The Hall–Kier alpha value is -1.81. The molecule has 0 atom stereocenters. The van der Waals surface area contributed by atoms with Gasteiger partial charge in [0.1, 0.15) is 17.6 Å². The highest BCUT2D eigenvalue weighted by Crippen LogP contribution is 2.33. The summed E-state index contributed by atoms with van der Waals surface area (Å²) in [7, 11) is 0. The Bertz CT molecular complexity index is 549. The summed E-state index contributed by atoms with van der Waals surface area (Å²) in [6, 6.07) is 3.89. The maximum Gasteiger partial charge on any atom is 0.433 e. The minimum absolute atomic E-state index is 0.0654. The van der Waals surface area contributed by atoms with Crippen molar-refractivity contribution >= 4 is 5.82 Å². The van der Waals surface area contributed by atoms with E-state index in [1.807, 2.05) is 19.9 Å². The summed E-state index contributed by atoms with van der Waals surface area (Å²) in [6.07, 6.45) is -4.53. The van der Waals surface area contributed by atoms with Gasteiger partial charge in [0.25, 0.3) is 0 Å². The minimum atomic E-state index is -4.53. The topological polar surface area (TPSA) is 49.1 Å². The summed E-state index contributed by atoms with van der Waals surface area (Å²) in [5.41, 5.74) is -1.37. The second-order valence-corrected chi connectivity index (χ2v) is 5.19. The van der Waals surface area contributed by atoms with E-state index in [9.17, 15) is 13.2 Å². The van der Waals surface area contributed by atoms with Crippen molar-refractivity contribution in [3.05, 3.63) is 23.4 Å². The van der Waals surface area contributed by atoms with Crippen LogP contribution in [0.15, 0.2) is 12.1 Å². The third kappa shape index (κ3) is 2.70. The summed E-state index contributed by atoms with van der Waals surface area (Å²) < 4.78 is 43.7. The highest BCUT2D eigenvalue weighted by atomic mass is 19.4. The molecule has 0 radical (unpaired) electrons. The molecular formula is C13H14F3N3O. The molecule has 1 fully saturated rings. The summed E-state index contributed by atoms with van der Waals surface area (Å²) in [4.78, 5) is 5.36. The summed E-state index contributed by atoms with van der Waals surface area (Å²) >= 11 is 0. The number of aromatic nitrogens is 1. The van der Waals surface area contributed by atoms with Crippen LogP contribution in [0.4, 0.5) is 19.0 Å². The monoisotopic (exact) mass is 285 g/mol. The maximum atomic E-state index is 12.8. The molecule has 0 saturated carbocycles. The van der Waals surface area contributed by atoms with E-state index in [0.29, 0.717) is 19.8 Å². The number of alkyl halides is 3. The molecule has 0 unspecified atom stereocenters. The van der Waals surface area contributed by atoms with Gasteiger partial charge in [-0.25, -0.2) is 4.98 Å². The molecule has 2 heterocycles. The number of halogens is 3. The predicted molar refractivity (Wildman–Crippen MR) is 66.2 cm³/mol. The zero-order chi connectivity index (χ0) is 15.0. The average Bonchev–Trinajstić information content (AvgIpc) is 2.36. The van der Waals surface area contributed by atoms with Crippen molar-refractivity contribution in [2.24, 2.45) is 0 Å². The average molecular weight is 285 g/mol. The molecule has 1 aliphatic rings. The standard InChI is InChI=1S/C13H14F3N3O/c1-12(2)8-20-6-5-19(12)11-9(7-17)3-4-10(18-11)13(14,15)16/h3-4H,5-6,8H2,1-2H3. The number of nitriles is 1. The number of anilines is 1. The van der Waals surface area contributed by atoms with E-state index in [2.05, 4.69) is 4.98 Å². The molecule has 1 saturated heterocycles. The van der Waals surface area contributed by atoms with Crippen molar-refractivity contribution in [2.45, 2.75) is 25.6 Å². The van der Waals surface area contributed by atoms with Crippen LogP contribution in [0.1, 0.15) is 25.1 Å². The molecule has 1 aromatic rings. The fourth-order valence-electron chi connectivity index (χ4n) is 2.15. The first-order chi connectivity index (χ1) is 9.25. The smallest absolute Gasteiger partial charge is 0.377 e. The Morgan fingerprint density at radius 1 is 1.40 bits per heavy atom. The quantitative estimate of drug-likeness (QED) is 0.795. The van der Waals surface area contributed by atoms with Gasteiger partial charge in [-0.2, -0.15) is 18.4 Å². The van der Waals surface area contributed by atoms with E-state index in [1.54, 1.807) is 4.90 Å². The number of rotatable bonds is 1. The lowest BCUT2D eigenvalue weighted by Gasteiger charge is -2.43. The van der Waals surface area contributed by atoms with Gasteiger partial charge in [0.15, 0.2) is 0 Å². The molecule has 0 aromatic carbocycles. The SMILES string of the molecule is CC1(C)COCCN1c1nc(C(F)(F)F)ccc1C#N. The second kappa shape index (κ2) is 4.94. The molecule has 108 valence electrons. The number of nitrogens with zero attached hydrogens (tertiary/aromatic N) is 3. The van der Waals surface area contributed by atoms with E-state index in [4.69, 9.17) is 10.00 Å². The van der Waals surface area contributed by atoms with Crippen molar-refractivity contribution in [3.63, 3.8) is 0 Å². The molecule has 0 bridgehead atoms. The number of morpholine rings is 1. The molecule has 20 heavy (non-hydrogen) atoms. The van der Waals surface area contributed by atoms with Crippen LogP contribution in [0, 0.1) is 11.3 Å². The normalized spacial score (nSPS) is 18.7. The number of hydrogen-bond acceptors (Lipinski definition) is 4. The molecule has 4 nitrogen and oxygen atoms in total. The van der Waals surface area contributed by atoms with E-state index in [-0.39, 0.29) is 11.4 Å². The van der Waals surface area contributed by atoms with Crippen molar-refractivity contribution < 1.29 is 17.9 Å².